The predicted octanol–water partition coefficient (Wildman–Crippen LogP) is 2.61. The number of anilines is 1. The molecule has 0 bridgehead atoms. The van der Waals surface area contributed by atoms with Crippen LogP contribution in [0.4, 0.5) is 5.69 Å². The molecule has 2 amide bonds. The Morgan fingerprint density at radius 3 is 2.38 bits per heavy atom. The van der Waals surface area contributed by atoms with E-state index in [4.69, 9.17) is 11.6 Å². The van der Waals surface area contributed by atoms with Crippen LogP contribution in [0.25, 0.3) is 0 Å². The molecule has 0 aromatic heterocycles. The van der Waals surface area contributed by atoms with Crippen LogP contribution in [0.15, 0.2) is 48.5 Å². The van der Waals surface area contributed by atoms with Gasteiger partial charge < -0.3 is 15.1 Å². The number of amides is 2. The number of carbonyl (C=O) groups is 2. The van der Waals surface area contributed by atoms with Gasteiger partial charge in [0.25, 0.3) is 0 Å². The Bertz CT molecular complexity index is 784. The van der Waals surface area contributed by atoms with Crippen molar-refractivity contribution in [2.75, 3.05) is 31.1 Å². The van der Waals surface area contributed by atoms with E-state index < -0.39 is 11.8 Å². The zero-order chi connectivity index (χ0) is 18.5. The van der Waals surface area contributed by atoms with Crippen LogP contribution in [0.5, 0.6) is 0 Å². The zero-order valence-corrected chi connectivity index (χ0v) is 15.5. The average molecular weight is 372 g/mol. The molecule has 1 N–H and O–H groups in total. The van der Waals surface area contributed by atoms with Gasteiger partial charge in [0.15, 0.2) is 0 Å². The van der Waals surface area contributed by atoms with Crippen LogP contribution < -0.4 is 10.2 Å². The fraction of sp³-hybridized carbons (Fsp3) is 0.300. The Kier molecular flexibility index (Phi) is 5.78. The molecule has 26 heavy (non-hydrogen) atoms. The predicted molar refractivity (Wildman–Crippen MR) is 103 cm³/mol. The van der Waals surface area contributed by atoms with Crippen molar-refractivity contribution in [1.29, 1.82) is 0 Å². The molecule has 136 valence electrons. The topological polar surface area (TPSA) is 52.7 Å². The molecule has 5 nitrogen and oxygen atoms in total. The van der Waals surface area contributed by atoms with Gasteiger partial charge in [0.05, 0.1) is 0 Å². The van der Waals surface area contributed by atoms with E-state index in [1.807, 2.05) is 55.5 Å². The smallest absolute Gasteiger partial charge is 0.312 e. The lowest BCUT2D eigenvalue weighted by Crippen LogP contribution is -2.52. The van der Waals surface area contributed by atoms with Crippen LogP contribution in [0.2, 0.25) is 5.02 Å². The van der Waals surface area contributed by atoms with Gasteiger partial charge >= 0.3 is 11.8 Å². The highest BCUT2D eigenvalue weighted by Gasteiger charge is 2.26. The van der Waals surface area contributed by atoms with Crippen LogP contribution >= 0.6 is 11.6 Å². The molecule has 1 fully saturated rings. The monoisotopic (exact) mass is 371 g/mol. The number of nitrogens with one attached hydrogen (secondary N) is 1. The molecule has 2 aromatic rings. The summed E-state index contributed by atoms with van der Waals surface area (Å²) in [4.78, 5) is 28.3. The van der Waals surface area contributed by atoms with Gasteiger partial charge in [-0.05, 0) is 30.7 Å². The number of carbonyl (C=O) groups excluding carboxylic acids is 2. The van der Waals surface area contributed by atoms with Gasteiger partial charge in [-0.1, -0.05) is 47.5 Å². The van der Waals surface area contributed by atoms with E-state index in [-0.39, 0.29) is 0 Å². The third-order valence-corrected chi connectivity index (χ3v) is 4.74. The van der Waals surface area contributed by atoms with Crippen LogP contribution in [-0.4, -0.2) is 42.9 Å². The molecule has 0 saturated carbocycles. The molecule has 0 spiro atoms. The van der Waals surface area contributed by atoms with E-state index in [0.717, 1.165) is 16.8 Å². The van der Waals surface area contributed by atoms with Gasteiger partial charge in [-0.15, -0.1) is 0 Å². The van der Waals surface area contributed by atoms with Crippen molar-refractivity contribution in [2.45, 2.75) is 13.5 Å². The lowest BCUT2D eigenvalue weighted by atomic mass is 10.1. The molecule has 0 radical (unpaired) electrons. The molecule has 1 saturated heterocycles. The molecule has 0 unspecified atom stereocenters. The van der Waals surface area contributed by atoms with E-state index >= 15 is 0 Å². The fourth-order valence-corrected chi connectivity index (χ4v) is 3.13. The second kappa shape index (κ2) is 8.23. The molecule has 6 heteroatoms. The van der Waals surface area contributed by atoms with Crippen molar-refractivity contribution in [3.8, 4) is 0 Å². The first-order valence-electron chi connectivity index (χ1n) is 8.66. The SMILES string of the molecule is Cc1ccc(CNC(=O)C(=O)N2CCN(c3cccc(Cl)c3)CC2)cc1. The van der Waals surface area contributed by atoms with Gasteiger partial charge in [-0.3, -0.25) is 9.59 Å². The first-order chi connectivity index (χ1) is 12.5. The standard InChI is InChI=1S/C20H22ClN3O2/c1-15-5-7-16(8-6-15)14-22-19(25)20(26)24-11-9-23(10-12-24)18-4-2-3-17(21)13-18/h2-8,13H,9-12,14H2,1H3,(H,22,25). The van der Waals surface area contributed by atoms with Gasteiger partial charge in [0.1, 0.15) is 0 Å². The molecule has 1 aliphatic heterocycles. The zero-order valence-electron chi connectivity index (χ0n) is 14.7. The third-order valence-electron chi connectivity index (χ3n) is 4.51. The van der Waals surface area contributed by atoms with Crippen LogP contribution in [0.3, 0.4) is 0 Å². The van der Waals surface area contributed by atoms with Crippen molar-refractivity contribution in [2.24, 2.45) is 0 Å². The molecule has 0 aliphatic carbocycles. The molecule has 1 heterocycles. The highest BCUT2D eigenvalue weighted by molar-refractivity contribution is 6.35. The highest BCUT2D eigenvalue weighted by Crippen LogP contribution is 2.20. The molecule has 1 aliphatic rings. The first kappa shape index (κ1) is 18.3. The molecular formula is C20H22ClN3O2. The Morgan fingerprint density at radius 2 is 1.73 bits per heavy atom. The van der Waals surface area contributed by atoms with Crippen LogP contribution in [0.1, 0.15) is 11.1 Å². The lowest BCUT2D eigenvalue weighted by molar-refractivity contribution is -0.146. The molecule has 0 atom stereocenters. The Labute approximate surface area is 158 Å². The van der Waals surface area contributed by atoms with E-state index in [1.54, 1.807) is 4.90 Å². The summed E-state index contributed by atoms with van der Waals surface area (Å²) in [5.41, 5.74) is 3.17. The average Bonchev–Trinajstić information content (AvgIpc) is 2.67. The number of hydrogen-bond donors (Lipinski definition) is 1. The van der Waals surface area contributed by atoms with Crippen molar-refractivity contribution in [3.63, 3.8) is 0 Å². The number of benzene rings is 2. The summed E-state index contributed by atoms with van der Waals surface area (Å²) in [6.45, 7) is 4.75. The van der Waals surface area contributed by atoms with Gasteiger partial charge in [-0.25, -0.2) is 0 Å². The third kappa shape index (κ3) is 4.55. The van der Waals surface area contributed by atoms with E-state index in [9.17, 15) is 9.59 Å². The summed E-state index contributed by atoms with van der Waals surface area (Å²) in [5, 5.41) is 3.40. The van der Waals surface area contributed by atoms with Crippen molar-refractivity contribution >= 4 is 29.1 Å². The Morgan fingerprint density at radius 1 is 1.04 bits per heavy atom. The minimum atomic E-state index is -0.554. The molecule has 3 rings (SSSR count). The maximum absolute atomic E-state index is 12.3. The quantitative estimate of drug-likeness (QED) is 0.844. The lowest BCUT2D eigenvalue weighted by Gasteiger charge is -2.35. The normalized spacial score (nSPS) is 14.2. The molecular weight excluding hydrogens is 350 g/mol. The number of nitrogens with zero attached hydrogens (tertiary/aromatic N) is 2. The van der Waals surface area contributed by atoms with E-state index in [0.29, 0.717) is 37.7 Å². The second-order valence-corrected chi connectivity index (χ2v) is 6.86. The number of halogens is 1. The summed E-state index contributed by atoms with van der Waals surface area (Å²) in [6.07, 6.45) is 0. The second-order valence-electron chi connectivity index (χ2n) is 6.43. The van der Waals surface area contributed by atoms with E-state index in [1.165, 1.54) is 0 Å². The number of hydrogen-bond acceptors (Lipinski definition) is 3. The Balaban J connectivity index is 1.49. The summed E-state index contributed by atoms with van der Waals surface area (Å²) >= 11 is 6.03. The number of aryl methyl sites for hydroxylation is 1. The van der Waals surface area contributed by atoms with E-state index in [2.05, 4.69) is 10.2 Å². The fourth-order valence-electron chi connectivity index (χ4n) is 2.95. The largest absolute Gasteiger partial charge is 0.368 e. The minimum absolute atomic E-state index is 0.354. The highest BCUT2D eigenvalue weighted by atomic mass is 35.5. The Hall–Kier alpha value is -2.53. The van der Waals surface area contributed by atoms with Crippen molar-refractivity contribution in [1.82, 2.24) is 10.2 Å². The van der Waals surface area contributed by atoms with Crippen LogP contribution in [0, 0.1) is 6.92 Å². The maximum Gasteiger partial charge on any atom is 0.312 e. The first-order valence-corrected chi connectivity index (χ1v) is 9.04. The summed E-state index contributed by atoms with van der Waals surface area (Å²) < 4.78 is 0. The maximum atomic E-state index is 12.3. The minimum Gasteiger partial charge on any atom is -0.368 e. The summed E-state index contributed by atoms with van der Waals surface area (Å²) in [6, 6.07) is 15.5. The summed E-state index contributed by atoms with van der Waals surface area (Å²) in [5.74, 6) is -1.02. The van der Waals surface area contributed by atoms with Crippen LogP contribution in [-0.2, 0) is 16.1 Å². The van der Waals surface area contributed by atoms with Crippen molar-refractivity contribution in [3.05, 3.63) is 64.7 Å². The van der Waals surface area contributed by atoms with Gasteiger partial charge in [0.2, 0.25) is 0 Å². The summed E-state index contributed by atoms with van der Waals surface area (Å²) in [7, 11) is 0. The van der Waals surface area contributed by atoms with Crippen molar-refractivity contribution < 1.29 is 9.59 Å². The molecule has 2 aromatic carbocycles. The van der Waals surface area contributed by atoms with Gasteiger partial charge in [-0.2, -0.15) is 0 Å². The number of piperazine rings is 1. The number of rotatable bonds is 3. The van der Waals surface area contributed by atoms with Gasteiger partial charge in [0, 0.05) is 43.4 Å².